The van der Waals surface area contributed by atoms with Crippen molar-refractivity contribution in [2.24, 2.45) is 0 Å². The van der Waals surface area contributed by atoms with Crippen LogP contribution in [0.25, 0.3) is 0 Å². The Morgan fingerprint density at radius 1 is 1.33 bits per heavy atom. The van der Waals surface area contributed by atoms with Gasteiger partial charge in [-0.15, -0.1) is 0 Å². The van der Waals surface area contributed by atoms with Gasteiger partial charge in [0, 0.05) is 6.61 Å². The van der Waals surface area contributed by atoms with Gasteiger partial charge in [-0.1, -0.05) is 30.3 Å². The largest absolute Gasteiger partial charge is 0.358 e. The minimum Gasteiger partial charge on any atom is -0.358 e. The van der Waals surface area contributed by atoms with Gasteiger partial charge < -0.3 is 4.74 Å². The van der Waals surface area contributed by atoms with E-state index in [1.165, 1.54) is 5.56 Å². The molecular formula is C13H14IN3O. The molecule has 0 amide bonds. The fourth-order valence-corrected chi connectivity index (χ4v) is 3.58. The zero-order valence-electron chi connectivity index (χ0n) is 9.87. The smallest absolute Gasteiger partial charge is 0.166 e. The number of aromatic nitrogens is 3. The van der Waals surface area contributed by atoms with E-state index < -0.39 is 0 Å². The van der Waals surface area contributed by atoms with E-state index >= 15 is 0 Å². The molecule has 1 fully saturated rings. The quantitative estimate of drug-likeness (QED) is 0.614. The number of nitrogens with zero attached hydrogens (tertiary/aromatic N) is 3. The van der Waals surface area contributed by atoms with Gasteiger partial charge in [0.2, 0.25) is 0 Å². The fourth-order valence-electron chi connectivity index (χ4n) is 2.40. The molecule has 1 saturated heterocycles. The highest BCUT2D eigenvalue weighted by Gasteiger charge is 2.43. The van der Waals surface area contributed by atoms with Crippen LogP contribution in [0.3, 0.4) is 0 Å². The van der Waals surface area contributed by atoms with Crippen molar-refractivity contribution in [3.63, 3.8) is 0 Å². The third kappa shape index (κ3) is 2.05. The topological polar surface area (TPSA) is 39.9 Å². The van der Waals surface area contributed by atoms with Crippen molar-refractivity contribution < 1.29 is 4.74 Å². The molecule has 1 aromatic heterocycles. The van der Waals surface area contributed by atoms with E-state index in [1.54, 1.807) is 12.7 Å². The predicted octanol–water partition coefficient (Wildman–Crippen LogP) is 2.92. The van der Waals surface area contributed by atoms with E-state index in [9.17, 15) is 0 Å². The average Bonchev–Trinajstić information content (AvgIpc) is 2.94. The molecule has 2 atom stereocenters. The van der Waals surface area contributed by atoms with Crippen LogP contribution in [0.15, 0.2) is 43.0 Å². The second kappa shape index (κ2) is 4.97. The summed E-state index contributed by atoms with van der Waals surface area (Å²) in [6, 6.07) is 10.5. The Morgan fingerprint density at radius 2 is 2.17 bits per heavy atom. The second-order valence-corrected chi connectivity index (χ2v) is 6.00. The molecule has 0 radical (unpaired) electrons. The zero-order chi connectivity index (χ0) is 12.4. The van der Waals surface area contributed by atoms with Gasteiger partial charge in [-0.25, -0.2) is 9.67 Å². The van der Waals surface area contributed by atoms with Gasteiger partial charge >= 0.3 is 0 Å². The van der Waals surface area contributed by atoms with Crippen molar-refractivity contribution in [1.29, 1.82) is 0 Å². The molecule has 0 aliphatic carbocycles. The van der Waals surface area contributed by atoms with Crippen molar-refractivity contribution >= 4 is 22.6 Å². The van der Waals surface area contributed by atoms with Crippen molar-refractivity contribution in [1.82, 2.24) is 14.8 Å². The molecule has 18 heavy (non-hydrogen) atoms. The highest BCUT2D eigenvalue weighted by Crippen LogP contribution is 2.47. The number of alkyl halides is 1. The molecule has 0 spiro atoms. The van der Waals surface area contributed by atoms with Crippen LogP contribution >= 0.6 is 22.6 Å². The van der Waals surface area contributed by atoms with Gasteiger partial charge in [-0.3, -0.25) is 0 Å². The summed E-state index contributed by atoms with van der Waals surface area (Å²) in [6.45, 7) is 0.795. The summed E-state index contributed by atoms with van der Waals surface area (Å²) < 4.78 is 7.65. The van der Waals surface area contributed by atoms with Crippen molar-refractivity contribution in [2.75, 3.05) is 6.61 Å². The van der Waals surface area contributed by atoms with Crippen LogP contribution in [0.4, 0.5) is 0 Å². The number of rotatable bonds is 2. The maximum atomic E-state index is 6.09. The first-order valence-corrected chi connectivity index (χ1v) is 7.11. The minimum absolute atomic E-state index is 0.191. The SMILES string of the molecule is IC1(c2ccccc2)OCCCC1n1cncn1. The number of ether oxygens (including phenoxy) is 1. The molecule has 1 aromatic carbocycles. The Balaban J connectivity index is 2.01. The molecule has 1 aliphatic heterocycles. The third-order valence-electron chi connectivity index (χ3n) is 3.29. The molecule has 4 nitrogen and oxygen atoms in total. The van der Waals surface area contributed by atoms with Gasteiger partial charge in [-0.05, 0) is 41.0 Å². The molecule has 94 valence electrons. The second-order valence-electron chi connectivity index (χ2n) is 4.39. The highest BCUT2D eigenvalue weighted by atomic mass is 127. The van der Waals surface area contributed by atoms with Crippen LogP contribution < -0.4 is 0 Å². The molecule has 5 heteroatoms. The summed E-state index contributed by atoms with van der Waals surface area (Å²) in [5, 5.41) is 4.28. The summed E-state index contributed by atoms with van der Waals surface area (Å²) in [6.07, 6.45) is 5.47. The normalized spacial score (nSPS) is 28.2. The van der Waals surface area contributed by atoms with E-state index in [1.807, 2.05) is 22.9 Å². The number of hydrogen-bond donors (Lipinski definition) is 0. The zero-order valence-corrected chi connectivity index (χ0v) is 12.0. The van der Waals surface area contributed by atoms with Crippen LogP contribution in [-0.2, 0) is 8.34 Å². The van der Waals surface area contributed by atoms with Crippen molar-refractivity contribution in [3.05, 3.63) is 48.5 Å². The van der Waals surface area contributed by atoms with Crippen LogP contribution in [0.2, 0.25) is 0 Å². The predicted molar refractivity (Wildman–Crippen MR) is 76.4 cm³/mol. The molecule has 2 aromatic rings. The van der Waals surface area contributed by atoms with Gasteiger partial charge in [0.05, 0.1) is 6.04 Å². The Morgan fingerprint density at radius 3 is 2.89 bits per heavy atom. The lowest BCUT2D eigenvalue weighted by Gasteiger charge is -2.39. The summed E-state index contributed by atoms with van der Waals surface area (Å²) in [5.74, 6) is 0. The molecule has 0 N–H and O–H groups in total. The lowest BCUT2D eigenvalue weighted by atomic mass is 9.96. The molecule has 0 saturated carbocycles. The Bertz CT molecular complexity index is 502. The van der Waals surface area contributed by atoms with Crippen LogP contribution in [-0.4, -0.2) is 21.4 Å². The standard InChI is InChI=1S/C13H14IN3O/c14-13(11-5-2-1-3-6-11)12(7-4-8-18-13)17-10-15-9-16-17/h1-3,5-6,9-10,12H,4,7-8H2. The molecular weight excluding hydrogens is 341 g/mol. The summed E-state index contributed by atoms with van der Waals surface area (Å²) in [5.41, 5.74) is 1.19. The Labute approximate surface area is 120 Å². The van der Waals surface area contributed by atoms with E-state index in [0.717, 1.165) is 19.4 Å². The average molecular weight is 355 g/mol. The van der Waals surface area contributed by atoms with E-state index in [-0.39, 0.29) is 9.65 Å². The monoisotopic (exact) mass is 355 g/mol. The van der Waals surface area contributed by atoms with Gasteiger partial charge in [-0.2, -0.15) is 5.10 Å². The number of halogens is 1. The third-order valence-corrected chi connectivity index (χ3v) is 4.94. The van der Waals surface area contributed by atoms with E-state index in [0.29, 0.717) is 0 Å². The lowest BCUT2D eigenvalue weighted by Crippen LogP contribution is -2.38. The molecule has 1 aliphatic rings. The summed E-state index contributed by atoms with van der Waals surface area (Å²) >= 11 is 2.41. The maximum absolute atomic E-state index is 6.09. The van der Waals surface area contributed by atoms with Crippen molar-refractivity contribution in [2.45, 2.75) is 22.5 Å². The van der Waals surface area contributed by atoms with E-state index in [4.69, 9.17) is 4.74 Å². The van der Waals surface area contributed by atoms with E-state index in [2.05, 4.69) is 44.8 Å². The first kappa shape index (κ1) is 12.1. The minimum atomic E-state index is -0.356. The van der Waals surface area contributed by atoms with Crippen LogP contribution in [0.1, 0.15) is 24.4 Å². The molecule has 0 bridgehead atoms. The molecule has 2 heterocycles. The van der Waals surface area contributed by atoms with Crippen molar-refractivity contribution in [3.8, 4) is 0 Å². The van der Waals surface area contributed by atoms with Gasteiger partial charge in [0.15, 0.2) is 3.61 Å². The maximum Gasteiger partial charge on any atom is 0.166 e. The summed E-state index contributed by atoms with van der Waals surface area (Å²) in [7, 11) is 0. The van der Waals surface area contributed by atoms with Crippen LogP contribution in [0.5, 0.6) is 0 Å². The van der Waals surface area contributed by atoms with Gasteiger partial charge in [0.25, 0.3) is 0 Å². The molecule has 3 rings (SSSR count). The Hall–Kier alpha value is -0.950. The summed E-state index contributed by atoms with van der Waals surface area (Å²) in [4.78, 5) is 4.05. The first-order chi connectivity index (χ1) is 8.81. The highest BCUT2D eigenvalue weighted by molar-refractivity contribution is 14.1. The van der Waals surface area contributed by atoms with Gasteiger partial charge in [0.1, 0.15) is 12.7 Å². The Kier molecular flexibility index (Phi) is 3.34. The number of benzene rings is 1. The van der Waals surface area contributed by atoms with Crippen LogP contribution in [0, 0.1) is 0 Å². The fraction of sp³-hybridized carbons (Fsp3) is 0.385. The lowest BCUT2D eigenvalue weighted by molar-refractivity contribution is -0.0414. The number of hydrogen-bond acceptors (Lipinski definition) is 3. The molecule has 2 unspecified atom stereocenters. The first-order valence-electron chi connectivity index (χ1n) is 6.03.